The first-order valence-electron chi connectivity index (χ1n) is 13.2. The number of hydrogen-bond acceptors (Lipinski definition) is 5. The maximum absolute atomic E-state index is 15.1. The second-order valence-electron chi connectivity index (χ2n) is 10.3. The van der Waals surface area contributed by atoms with Gasteiger partial charge >= 0.3 is 5.91 Å². The quantitative estimate of drug-likeness (QED) is 0.172. The fourth-order valence-corrected chi connectivity index (χ4v) is 6.40. The van der Waals surface area contributed by atoms with Crippen molar-refractivity contribution in [1.82, 2.24) is 0 Å². The van der Waals surface area contributed by atoms with Gasteiger partial charge in [-0.1, -0.05) is 88.2 Å². The SMILES string of the molecule is Cc1ccc(N2C(=O)C3(C(=C(O)c4ccccc4)C(=O)C(=O)N3c3ccc(Br)cc3)C3=C2c2ccccc2C3=O)cc1. The first-order valence-corrected chi connectivity index (χ1v) is 14.0. The first kappa shape index (κ1) is 25.9. The Morgan fingerprint density at radius 1 is 0.714 bits per heavy atom. The molecule has 8 heteroatoms. The molecule has 42 heavy (non-hydrogen) atoms. The molecule has 0 radical (unpaired) electrons. The van der Waals surface area contributed by atoms with Crippen LogP contribution >= 0.6 is 15.9 Å². The van der Waals surface area contributed by atoms with Crippen molar-refractivity contribution in [3.8, 4) is 0 Å². The Labute approximate surface area is 249 Å². The molecule has 4 aromatic rings. The number of aliphatic hydroxyl groups excluding tert-OH is 1. The van der Waals surface area contributed by atoms with Crippen LogP contribution in [0.5, 0.6) is 0 Å². The standard InChI is InChI=1S/C34H21BrN2O5/c1-19-11-15-22(16-12-19)36-28-24-9-5-6-10-25(24)30(39)26(28)34(33(36)42)27(29(38)20-7-3-2-4-8-20)31(40)32(41)37(34)23-17-13-21(35)14-18-23/h2-18,38H,1H3. The van der Waals surface area contributed by atoms with E-state index in [0.717, 1.165) is 10.5 Å². The number of aliphatic hydroxyl groups is 1. The zero-order chi connectivity index (χ0) is 29.3. The number of halogens is 1. The van der Waals surface area contributed by atoms with E-state index in [1.54, 1.807) is 91.0 Å². The van der Waals surface area contributed by atoms with E-state index in [0.29, 0.717) is 21.3 Å². The number of carbonyl (C=O) groups excluding carboxylic acids is 4. The number of hydrogen-bond donors (Lipinski definition) is 1. The van der Waals surface area contributed by atoms with Gasteiger partial charge in [0.25, 0.3) is 11.7 Å². The van der Waals surface area contributed by atoms with E-state index in [1.165, 1.54) is 4.90 Å². The molecule has 1 aliphatic carbocycles. The maximum Gasteiger partial charge on any atom is 0.300 e. The topological polar surface area (TPSA) is 95.0 Å². The summed E-state index contributed by atoms with van der Waals surface area (Å²) >= 11 is 3.40. The molecule has 204 valence electrons. The number of aryl methyl sites for hydroxylation is 1. The van der Waals surface area contributed by atoms with Gasteiger partial charge in [0.2, 0.25) is 0 Å². The van der Waals surface area contributed by atoms with E-state index >= 15 is 4.79 Å². The molecule has 1 unspecified atom stereocenters. The highest BCUT2D eigenvalue weighted by Crippen LogP contribution is 2.57. The zero-order valence-electron chi connectivity index (χ0n) is 22.2. The molecular formula is C34H21BrN2O5. The number of nitrogens with zero attached hydrogens (tertiary/aromatic N) is 2. The second kappa shape index (κ2) is 9.22. The largest absolute Gasteiger partial charge is 0.507 e. The molecule has 0 bridgehead atoms. The summed E-state index contributed by atoms with van der Waals surface area (Å²) in [6, 6.07) is 28.8. The summed E-state index contributed by atoms with van der Waals surface area (Å²) in [5.41, 5.74) is 0.244. The summed E-state index contributed by atoms with van der Waals surface area (Å²) < 4.78 is 0.712. The molecule has 0 saturated carbocycles. The number of rotatable bonds is 3. The number of amides is 2. The Hall–Kier alpha value is -5.08. The van der Waals surface area contributed by atoms with Crippen LogP contribution in [0.25, 0.3) is 11.5 Å². The van der Waals surface area contributed by atoms with Gasteiger partial charge in [0.15, 0.2) is 11.3 Å². The molecule has 1 N–H and O–H groups in total. The average molecular weight is 617 g/mol. The fraction of sp³-hybridized carbons (Fsp3) is 0.0588. The fourth-order valence-electron chi connectivity index (χ4n) is 6.14. The highest BCUT2D eigenvalue weighted by atomic mass is 79.9. The Morgan fingerprint density at radius 3 is 1.98 bits per heavy atom. The predicted molar refractivity (Wildman–Crippen MR) is 162 cm³/mol. The van der Waals surface area contributed by atoms with E-state index < -0.39 is 40.3 Å². The number of ketones is 2. The molecule has 7 nitrogen and oxygen atoms in total. The molecule has 2 heterocycles. The van der Waals surface area contributed by atoms with Crippen LogP contribution in [0.15, 0.2) is 119 Å². The number of Topliss-reactive ketones (excluding diaryl/α,β-unsaturated/α-hetero) is 2. The monoisotopic (exact) mass is 616 g/mol. The normalized spacial score (nSPS) is 20.6. The van der Waals surface area contributed by atoms with Crippen molar-refractivity contribution < 1.29 is 24.3 Å². The lowest BCUT2D eigenvalue weighted by Crippen LogP contribution is -2.57. The minimum absolute atomic E-state index is 0.0473. The minimum Gasteiger partial charge on any atom is -0.507 e. The van der Waals surface area contributed by atoms with E-state index in [4.69, 9.17) is 0 Å². The van der Waals surface area contributed by atoms with Crippen molar-refractivity contribution in [2.75, 3.05) is 9.80 Å². The zero-order valence-corrected chi connectivity index (χ0v) is 23.8. The summed E-state index contributed by atoms with van der Waals surface area (Å²) in [6.07, 6.45) is 0. The van der Waals surface area contributed by atoms with Gasteiger partial charge in [0, 0.05) is 32.5 Å². The van der Waals surface area contributed by atoms with Crippen LogP contribution in [-0.4, -0.2) is 34.0 Å². The minimum atomic E-state index is -2.27. The van der Waals surface area contributed by atoms with Crippen LogP contribution in [0.1, 0.15) is 27.0 Å². The molecule has 1 fully saturated rings. The van der Waals surface area contributed by atoms with Gasteiger partial charge in [0.1, 0.15) is 5.76 Å². The van der Waals surface area contributed by atoms with Gasteiger partial charge in [-0.3, -0.25) is 29.0 Å². The van der Waals surface area contributed by atoms with Gasteiger partial charge in [-0.15, -0.1) is 0 Å². The van der Waals surface area contributed by atoms with Crippen LogP contribution in [0, 0.1) is 6.92 Å². The molecule has 2 aliphatic heterocycles. The van der Waals surface area contributed by atoms with Crippen LogP contribution in [-0.2, 0) is 14.4 Å². The Kier molecular flexibility index (Phi) is 5.68. The van der Waals surface area contributed by atoms with E-state index in [2.05, 4.69) is 15.9 Å². The van der Waals surface area contributed by atoms with Crippen LogP contribution < -0.4 is 9.80 Å². The number of fused-ring (bicyclic) bond motifs is 3. The molecule has 1 spiro atoms. The number of anilines is 2. The predicted octanol–water partition coefficient (Wildman–Crippen LogP) is 6.04. The van der Waals surface area contributed by atoms with Crippen molar-refractivity contribution in [2.45, 2.75) is 12.5 Å². The Balaban J connectivity index is 1.63. The van der Waals surface area contributed by atoms with Crippen LogP contribution in [0.3, 0.4) is 0 Å². The molecular weight excluding hydrogens is 596 g/mol. The molecule has 4 aromatic carbocycles. The second-order valence-corrected chi connectivity index (χ2v) is 11.2. The van der Waals surface area contributed by atoms with Crippen molar-refractivity contribution in [3.63, 3.8) is 0 Å². The van der Waals surface area contributed by atoms with E-state index in [1.807, 2.05) is 19.1 Å². The van der Waals surface area contributed by atoms with Crippen molar-refractivity contribution in [1.29, 1.82) is 0 Å². The molecule has 3 aliphatic rings. The highest BCUT2D eigenvalue weighted by Gasteiger charge is 2.71. The number of benzene rings is 4. The van der Waals surface area contributed by atoms with Crippen LogP contribution in [0.2, 0.25) is 0 Å². The summed E-state index contributed by atoms with van der Waals surface area (Å²) in [5, 5.41) is 11.7. The van der Waals surface area contributed by atoms with E-state index in [9.17, 15) is 19.5 Å². The van der Waals surface area contributed by atoms with Gasteiger partial charge in [-0.05, 0) is 43.3 Å². The third-order valence-electron chi connectivity index (χ3n) is 7.97. The molecule has 2 amide bonds. The molecule has 0 aromatic heterocycles. The lowest BCUT2D eigenvalue weighted by molar-refractivity contribution is -0.132. The van der Waals surface area contributed by atoms with Gasteiger partial charge in [0.05, 0.1) is 16.8 Å². The van der Waals surface area contributed by atoms with Crippen molar-refractivity contribution in [2.24, 2.45) is 0 Å². The summed E-state index contributed by atoms with van der Waals surface area (Å²) in [4.78, 5) is 60.0. The smallest absolute Gasteiger partial charge is 0.300 e. The molecule has 1 saturated heterocycles. The van der Waals surface area contributed by atoms with Gasteiger partial charge in [-0.2, -0.15) is 0 Å². The first-order chi connectivity index (χ1) is 20.3. The highest BCUT2D eigenvalue weighted by molar-refractivity contribution is 9.10. The Bertz CT molecular complexity index is 1930. The number of carbonyl (C=O) groups is 4. The summed E-state index contributed by atoms with van der Waals surface area (Å²) in [5.74, 6) is -3.83. The molecule has 7 rings (SSSR count). The van der Waals surface area contributed by atoms with E-state index in [-0.39, 0.29) is 22.5 Å². The third-order valence-corrected chi connectivity index (χ3v) is 8.50. The summed E-state index contributed by atoms with van der Waals surface area (Å²) in [6.45, 7) is 1.92. The van der Waals surface area contributed by atoms with Crippen LogP contribution in [0.4, 0.5) is 11.4 Å². The van der Waals surface area contributed by atoms with Gasteiger partial charge < -0.3 is 5.11 Å². The lowest BCUT2D eigenvalue weighted by atomic mass is 9.79. The maximum atomic E-state index is 15.1. The van der Waals surface area contributed by atoms with Crippen molar-refractivity contribution in [3.05, 3.63) is 141 Å². The molecule has 1 atom stereocenters. The third kappa shape index (κ3) is 3.33. The summed E-state index contributed by atoms with van der Waals surface area (Å²) in [7, 11) is 0. The van der Waals surface area contributed by atoms with Crippen molar-refractivity contribution >= 4 is 62.1 Å². The average Bonchev–Trinajstić information content (AvgIpc) is 3.53. The van der Waals surface area contributed by atoms with Gasteiger partial charge in [-0.25, -0.2) is 0 Å². The Morgan fingerprint density at radius 2 is 1.31 bits per heavy atom. The lowest BCUT2D eigenvalue weighted by Gasteiger charge is -2.36.